The summed E-state index contributed by atoms with van der Waals surface area (Å²) < 4.78 is 0. The molecule has 3 rings (SSSR count). The standard InChI is InChI=1S/C19H19N3O/c20-12-15-6-8-17(9-7-15)21-13-19(23)22(18-10-11-18)14-16-4-2-1-3-5-16/h1-9,18,21H,10-11,13-14H2. The van der Waals surface area contributed by atoms with E-state index in [2.05, 4.69) is 23.5 Å². The minimum Gasteiger partial charge on any atom is -0.376 e. The van der Waals surface area contributed by atoms with Crippen molar-refractivity contribution in [2.75, 3.05) is 11.9 Å². The number of hydrogen-bond acceptors (Lipinski definition) is 3. The number of benzene rings is 2. The van der Waals surface area contributed by atoms with Gasteiger partial charge in [-0.3, -0.25) is 4.79 Å². The normalized spacial score (nSPS) is 13.2. The molecule has 4 heteroatoms. The Morgan fingerprint density at radius 3 is 2.43 bits per heavy atom. The van der Waals surface area contributed by atoms with Gasteiger partial charge in [-0.2, -0.15) is 5.26 Å². The van der Waals surface area contributed by atoms with Crippen LogP contribution >= 0.6 is 0 Å². The third-order valence-electron chi connectivity index (χ3n) is 3.96. The number of nitriles is 1. The fourth-order valence-corrected chi connectivity index (χ4v) is 2.53. The van der Waals surface area contributed by atoms with E-state index in [0.717, 1.165) is 24.1 Å². The number of nitrogens with one attached hydrogen (secondary N) is 1. The average Bonchev–Trinajstić information content (AvgIpc) is 3.44. The van der Waals surface area contributed by atoms with Crippen molar-refractivity contribution < 1.29 is 4.79 Å². The number of nitrogens with zero attached hydrogens (tertiary/aromatic N) is 2. The van der Waals surface area contributed by atoms with E-state index in [1.54, 1.807) is 12.1 Å². The zero-order chi connectivity index (χ0) is 16.1. The van der Waals surface area contributed by atoms with Gasteiger partial charge in [-0.25, -0.2) is 0 Å². The Morgan fingerprint density at radius 2 is 1.83 bits per heavy atom. The van der Waals surface area contributed by atoms with Crippen molar-refractivity contribution in [2.45, 2.75) is 25.4 Å². The molecule has 2 aromatic rings. The molecule has 0 heterocycles. The summed E-state index contributed by atoms with van der Waals surface area (Å²) >= 11 is 0. The molecule has 1 amide bonds. The number of hydrogen-bond donors (Lipinski definition) is 1. The zero-order valence-corrected chi connectivity index (χ0v) is 12.9. The van der Waals surface area contributed by atoms with Crippen LogP contribution in [0.1, 0.15) is 24.0 Å². The Balaban J connectivity index is 1.59. The second-order valence-electron chi connectivity index (χ2n) is 5.78. The molecular formula is C19H19N3O. The van der Waals surface area contributed by atoms with E-state index in [0.29, 0.717) is 18.2 Å². The maximum atomic E-state index is 12.5. The van der Waals surface area contributed by atoms with Gasteiger partial charge >= 0.3 is 0 Å². The molecule has 116 valence electrons. The van der Waals surface area contributed by atoms with Crippen LogP contribution in [0.5, 0.6) is 0 Å². The lowest BCUT2D eigenvalue weighted by Gasteiger charge is -2.23. The van der Waals surface area contributed by atoms with Crippen LogP contribution in [0.4, 0.5) is 5.69 Å². The van der Waals surface area contributed by atoms with Gasteiger partial charge in [-0.15, -0.1) is 0 Å². The first-order valence-electron chi connectivity index (χ1n) is 7.83. The summed E-state index contributed by atoms with van der Waals surface area (Å²) in [5.74, 6) is 0.112. The van der Waals surface area contributed by atoms with Gasteiger partial charge in [0.1, 0.15) is 0 Å². The highest BCUT2D eigenvalue weighted by molar-refractivity contribution is 5.81. The predicted molar refractivity (Wildman–Crippen MR) is 89.7 cm³/mol. The molecule has 1 saturated carbocycles. The Bertz CT molecular complexity index is 700. The second kappa shape index (κ2) is 6.97. The van der Waals surface area contributed by atoms with Crippen LogP contribution in [-0.2, 0) is 11.3 Å². The maximum Gasteiger partial charge on any atom is 0.242 e. The van der Waals surface area contributed by atoms with Crippen LogP contribution in [0, 0.1) is 11.3 Å². The Labute approximate surface area is 136 Å². The van der Waals surface area contributed by atoms with E-state index in [4.69, 9.17) is 5.26 Å². The molecule has 0 aliphatic heterocycles. The molecule has 0 unspecified atom stereocenters. The predicted octanol–water partition coefficient (Wildman–Crippen LogP) is 3.16. The third-order valence-corrected chi connectivity index (χ3v) is 3.96. The third kappa shape index (κ3) is 4.10. The van der Waals surface area contributed by atoms with E-state index in [1.807, 2.05) is 35.2 Å². The molecule has 4 nitrogen and oxygen atoms in total. The van der Waals surface area contributed by atoms with Gasteiger partial charge in [0.15, 0.2) is 0 Å². The van der Waals surface area contributed by atoms with Gasteiger partial charge in [0, 0.05) is 18.3 Å². The smallest absolute Gasteiger partial charge is 0.242 e. The van der Waals surface area contributed by atoms with E-state index in [9.17, 15) is 4.79 Å². The molecule has 0 atom stereocenters. The summed E-state index contributed by atoms with van der Waals surface area (Å²) in [7, 11) is 0. The SMILES string of the molecule is N#Cc1ccc(NCC(=O)N(Cc2ccccc2)C2CC2)cc1. The van der Waals surface area contributed by atoms with Gasteiger partial charge in [0.25, 0.3) is 0 Å². The van der Waals surface area contributed by atoms with Gasteiger partial charge in [0.2, 0.25) is 5.91 Å². The zero-order valence-electron chi connectivity index (χ0n) is 12.9. The fourth-order valence-electron chi connectivity index (χ4n) is 2.53. The topological polar surface area (TPSA) is 56.1 Å². The quantitative estimate of drug-likeness (QED) is 0.892. The van der Waals surface area contributed by atoms with E-state index < -0.39 is 0 Å². The summed E-state index contributed by atoms with van der Waals surface area (Å²) in [6.45, 7) is 0.939. The van der Waals surface area contributed by atoms with Crippen molar-refractivity contribution in [1.29, 1.82) is 5.26 Å². The highest BCUT2D eigenvalue weighted by Crippen LogP contribution is 2.28. The van der Waals surface area contributed by atoms with Crippen LogP contribution in [-0.4, -0.2) is 23.4 Å². The van der Waals surface area contributed by atoms with E-state index >= 15 is 0 Å². The number of amides is 1. The van der Waals surface area contributed by atoms with Crippen molar-refractivity contribution in [1.82, 2.24) is 4.90 Å². The molecule has 0 saturated heterocycles. The number of anilines is 1. The van der Waals surface area contributed by atoms with E-state index in [-0.39, 0.29) is 12.5 Å². The summed E-state index contributed by atoms with van der Waals surface area (Å²) in [6.07, 6.45) is 2.19. The first kappa shape index (κ1) is 15.1. The van der Waals surface area contributed by atoms with Gasteiger partial charge < -0.3 is 10.2 Å². The number of carbonyl (C=O) groups excluding carboxylic acids is 1. The molecule has 0 bridgehead atoms. The molecule has 0 radical (unpaired) electrons. The van der Waals surface area contributed by atoms with Gasteiger partial charge in [0.05, 0.1) is 18.2 Å². The number of carbonyl (C=O) groups is 1. The second-order valence-corrected chi connectivity index (χ2v) is 5.78. The summed E-state index contributed by atoms with van der Waals surface area (Å²) in [5, 5.41) is 11.9. The molecule has 1 aliphatic rings. The van der Waals surface area contributed by atoms with Crippen LogP contribution in [0.3, 0.4) is 0 Å². The first-order valence-corrected chi connectivity index (χ1v) is 7.83. The molecular weight excluding hydrogens is 286 g/mol. The highest BCUT2D eigenvalue weighted by atomic mass is 16.2. The minimum absolute atomic E-state index is 0.112. The highest BCUT2D eigenvalue weighted by Gasteiger charge is 2.32. The largest absolute Gasteiger partial charge is 0.376 e. The monoisotopic (exact) mass is 305 g/mol. The Morgan fingerprint density at radius 1 is 1.13 bits per heavy atom. The van der Waals surface area contributed by atoms with E-state index in [1.165, 1.54) is 0 Å². The number of rotatable bonds is 6. The lowest BCUT2D eigenvalue weighted by molar-refractivity contribution is -0.130. The van der Waals surface area contributed by atoms with Crippen LogP contribution < -0.4 is 5.32 Å². The molecule has 0 aromatic heterocycles. The molecule has 1 aliphatic carbocycles. The van der Waals surface area contributed by atoms with Gasteiger partial charge in [-0.05, 0) is 42.7 Å². The first-order chi connectivity index (χ1) is 11.3. The molecule has 1 fully saturated rings. The van der Waals surface area contributed by atoms with Crippen molar-refractivity contribution in [3.8, 4) is 6.07 Å². The summed E-state index contributed by atoms with van der Waals surface area (Å²) in [6, 6.07) is 19.7. The summed E-state index contributed by atoms with van der Waals surface area (Å²) in [4.78, 5) is 14.5. The van der Waals surface area contributed by atoms with Crippen molar-refractivity contribution in [3.05, 3.63) is 65.7 Å². The molecule has 23 heavy (non-hydrogen) atoms. The van der Waals surface area contributed by atoms with Crippen molar-refractivity contribution in [3.63, 3.8) is 0 Å². The Hall–Kier alpha value is -2.80. The van der Waals surface area contributed by atoms with Crippen LogP contribution in [0.2, 0.25) is 0 Å². The minimum atomic E-state index is 0.112. The molecule has 2 aromatic carbocycles. The Kier molecular flexibility index (Phi) is 4.58. The fraction of sp³-hybridized carbons (Fsp3) is 0.263. The van der Waals surface area contributed by atoms with Crippen molar-refractivity contribution in [2.24, 2.45) is 0 Å². The maximum absolute atomic E-state index is 12.5. The lowest BCUT2D eigenvalue weighted by atomic mass is 10.2. The molecule has 0 spiro atoms. The lowest BCUT2D eigenvalue weighted by Crippen LogP contribution is -2.36. The van der Waals surface area contributed by atoms with Crippen LogP contribution in [0.15, 0.2) is 54.6 Å². The molecule has 1 N–H and O–H groups in total. The van der Waals surface area contributed by atoms with Crippen molar-refractivity contribution >= 4 is 11.6 Å². The van der Waals surface area contributed by atoms with Gasteiger partial charge in [-0.1, -0.05) is 30.3 Å². The average molecular weight is 305 g/mol. The summed E-state index contributed by atoms with van der Waals surface area (Å²) in [5.41, 5.74) is 2.63. The van der Waals surface area contributed by atoms with Crippen LogP contribution in [0.25, 0.3) is 0 Å².